The molecule has 2 saturated heterocycles. The molecule has 0 aromatic carbocycles. The molecule has 0 amide bonds. The summed E-state index contributed by atoms with van der Waals surface area (Å²) < 4.78 is 13.3. The van der Waals surface area contributed by atoms with Crippen LogP contribution in [-0.4, -0.2) is 35.2 Å². The zero-order valence-corrected chi connectivity index (χ0v) is 12.5. The highest BCUT2D eigenvalue weighted by Crippen LogP contribution is 2.42. The second-order valence-corrected chi connectivity index (χ2v) is 6.15. The van der Waals surface area contributed by atoms with Crippen molar-refractivity contribution in [2.75, 3.05) is 25.6 Å². The Bertz CT molecular complexity index is 478. The highest BCUT2D eigenvalue weighted by molar-refractivity contribution is 5.41. The number of aryl methyl sites for hydroxylation is 1. The van der Waals surface area contributed by atoms with E-state index in [1.165, 1.54) is 0 Å². The van der Waals surface area contributed by atoms with Crippen LogP contribution in [0.15, 0.2) is 6.20 Å². The SMILES string of the molecule is Cn1ncc(C(NN)C2CCOC3(CCOCC3)C2)c1N. The van der Waals surface area contributed by atoms with E-state index in [1.54, 1.807) is 4.68 Å². The molecule has 0 saturated carbocycles. The quantitative estimate of drug-likeness (QED) is 0.554. The molecule has 3 rings (SSSR count). The lowest BCUT2D eigenvalue weighted by molar-refractivity contribution is -0.150. The summed E-state index contributed by atoms with van der Waals surface area (Å²) in [5, 5.41) is 4.23. The van der Waals surface area contributed by atoms with Gasteiger partial charge in [0.05, 0.1) is 17.8 Å². The molecule has 5 N–H and O–H groups in total. The van der Waals surface area contributed by atoms with Gasteiger partial charge in [0.15, 0.2) is 0 Å². The molecule has 2 aliphatic heterocycles. The average Bonchev–Trinajstić information content (AvgIpc) is 2.82. The van der Waals surface area contributed by atoms with E-state index in [1.807, 2.05) is 13.2 Å². The fourth-order valence-electron chi connectivity index (χ4n) is 3.63. The van der Waals surface area contributed by atoms with Gasteiger partial charge >= 0.3 is 0 Å². The summed E-state index contributed by atoms with van der Waals surface area (Å²) in [4.78, 5) is 0. The van der Waals surface area contributed by atoms with E-state index in [4.69, 9.17) is 21.1 Å². The van der Waals surface area contributed by atoms with E-state index in [0.717, 1.165) is 51.1 Å². The Morgan fingerprint density at radius 2 is 2.19 bits per heavy atom. The number of hydrazine groups is 1. The molecule has 7 heteroatoms. The molecule has 1 aromatic rings. The molecule has 0 bridgehead atoms. The predicted molar refractivity (Wildman–Crippen MR) is 79.1 cm³/mol. The summed E-state index contributed by atoms with van der Waals surface area (Å²) in [6.07, 6.45) is 5.70. The molecule has 2 aliphatic rings. The number of aromatic nitrogens is 2. The molecule has 2 atom stereocenters. The Labute approximate surface area is 124 Å². The van der Waals surface area contributed by atoms with Crippen LogP contribution in [0, 0.1) is 5.92 Å². The first-order chi connectivity index (χ1) is 10.2. The van der Waals surface area contributed by atoms with E-state index in [2.05, 4.69) is 10.5 Å². The first-order valence-corrected chi connectivity index (χ1v) is 7.60. The van der Waals surface area contributed by atoms with Crippen molar-refractivity contribution in [2.24, 2.45) is 18.8 Å². The van der Waals surface area contributed by atoms with Gasteiger partial charge in [0.2, 0.25) is 0 Å². The van der Waals surface area contributed by atoms with Crippen LogP contribution in [0.25, 0.3) is 0 Å². The number of nitrogen functional groups attached to an aromatic ring is 1. The van der Waals surface area contributed by atoms with Crippen LogP contribution in [-0.2, 0) is 16.5 Å². The van der Waals surface area contributed by atoms with Crippen molar-refractivity contribution in [2.45, 2.75) is 37.3 Å². The normalized spacial score (nSPS) is 26.9. The van der Waals surface area contributed by atoms with Crippen LogP contribution in [0.2, 0.25) is 0 Å². The third-order valence-corrected chi connectivity index (χ3v) is 4.94. The van der Waals surface area contributed by atoms with Crippen molar-refractivity contribution in [3.63, 3.8) is 0 Å². The molecule has 118 valence electrons. The topological polar surface area (TPSA) is 100 Å². The van der Waals surface area contributed by atoms with Gasteiger partial charge in [-0.2, -0.15) is 5.10 Å². The van der Waals surface area contributed by atoms with Crippen molar-refractivity contribution in [3.8, 4) is 0 Å². The molecule has 0 aliphatic carbocycles. The summed E-state index contributed by atoms with van der Waals surface area (Å²) >= 11 is 0. The lowest BCUT2D eigenvalue weighted by atomic mass is 9.76. The second-order valence-electron chi connectivity index (χ2n) is 6.15. The molecule has 2 unspecified atom stereocenters. The lowest BCUT2D eigenvalue weighted by Gasteiger charge is -2.45. The van der Waals surface area contributed by atoms with Crippen LogP contribution < -0.4 is 17.0 Å². The van der Waals surface area contributed by atoms with Gasteiger partial charge in [-0.3, -0.25) is 16.0 Å². The van der Waals surface area contributed by atoms with Gasteiger partial charge in [0, 0.05) is 32.4 Å². The van der Waals surface area contributed by atoms with Crippen LogP contribution in [0.1, 0.15) is 37.3 Å². The molecular weight excluding hydrogens is 270 g/mol. The number of hydrogen-bond acceptors (Lipinski definition) is 6. The Morgan fingerprint density at radius 1 is 1.43 bits per heavy atom. The van der Waals surface area contributed by atoms with Gasteiger partial charge in [-0.25, -0.2) is 0 Å². The fourth-order valence-corrected chi connectivity index (χ4v) is 3.63. The minimum absolute atomic E-state index is 0.0160. The summed E-state index contributed by atoms with van der Waals surface area (Å²) in [6, 6.07) is 0.0160. The zero-order chi connectivity index (χ0) is 14.9. The van der Waals surface area contributed by atoms with Crippen LogP contribution in [0.5, 0.6) is 0 Å². The highest BCUT2D eigenvalue weighted by Gasteiger charge is 2.42. The maximum Gasteiger partial charge on any atom is 0.126 e. The molecule has 1 spiro atoms. The third-order valence-electron chi connectivity index (χ3n) is 4.94. The number of nitrogens with one attached hydrogen (secondary N) is 1. The van der Waals surface area contributed by atoms with Crippen molar-refractivity contribution in [3.05, 3.63) is 11.8 Å². The monoisotopic (exact) mass is 295 g/mol. The van der Waals surface area contributed by atoms with E-state index in [9.17, 15) is 0 Å². The molecular formula is C14H25N5O2. The zero-order valence-electron chi connectivity index (χ0n) is 12.5. The van der Waals surface area contributed by atoms with Crippen molar-refractivity contribution >= 4 is 5.82 Å². The number of ether oxygens (including phenoxy) is 2. The van der Waals surface area contributed by atoms with E-state index < -0.39 is 0 Å². The summed E-state index contributed by atoms with van der Waals surface area (Å²) in [6.45, 7) is 2.33. The van der Waals surface area contributed by atoms with Crippen molar-refractivity contribution in [1.29, 1.82) is 0 Å². The average molecular weight is 295 g/mol. The smallest absolute Gasteiger partial charge is 0.126 e. The third kappa shape index (κ3) is 2.78. The van der Waals surface area contributed by atoms with Crippen LogP contribution in [0.4, 0.5) is 5.82 Å². The van der Waals surface area contributed by atoms with E-state index in [-0.39, 0.29) is 11.6 Å². The minimum Gasteiger partial charge on any atom is -0.384 e. The van der Waals surface area contributed by atoms with Gasteiger partial charge in [-0.05, 0) is 31.6 Å². The Morgan fingerprint density at radius 3 is 2.81 bits per heavy atom. The molecule has 7 nitrogen and oxygen atoms in total. The second kappa shape index (κ2) is 5.92. The summed E-state index contributed by atoms with van der Waals surface area (Å²) in [5.74, 6) is 6.89. The van der Waals surface area contributed by atoms with Crippen LogP contribution in [0.3, 0.4) is 0 Å². The number of hydrogen-bond donors (Lipinski definition) is 3. The van der Waals surface area contributed by atoms with Gasteiger partial charge < -0.3 is 15.2 Å². The molecule has 21 heavy (non-hydrogen) atoms. The van der Waals surface area contributed by atoms with Crippen LogP contribution >= 0.6 is 0 Å². The van der Waals surface area contributed by atoms with Gasteiger partial charge in [0.1, 0.15) is 5.82 Å². The van der Waals surface area contributed by atoms with E-state index >= 15 is 0 Å². The molecule has 2 fully saturated rings. The minimum atomic E-state index is -0.0484. The van der Waals surface area contributed by atoms with Crippen molar-refractivity contribution in [1.82, 2.24) is 15.2 Å². The molecule has 0 radical (unpaired) electrons. The fraction of sp³-hybridized carbons (Fsp3) is 0.786. The number of anilines is 1. The van der Waals surface area contributed by atoms with Gasteiger partial charge in [-0.1, -0.05) is 0 Å². The number of rotatable bonds is 3. The maximum absolute atomic E-state index is 6.11. The van der Waals surface area contributed by atoms with Gasteiger partial charge in [0.25, 0.3) is 0 Å². The largest absolute Gasteiger partial charge is 0.384 e. The van der Waals surface area contributed by atoms with Crippen molar-refractivity contribution < 1.29 is 9.47 Å². The standard InChI is InChI=1S/C14H25N5O2/c1-19-13(15)11(9-17-19)12(18-16)10-2-5-21-14(8-10)3-6-20-7-4-14/h9-10,12,18H,2-8,15-16H2,1H3. The van der Waals surface area contributed by atoms with E-state index in [0.29, 0.717) is 11.7 Å². The predicted octanol–water partition coefficient (Wildman–Crippen LogP) is 0.483. The lowest BCUT2D eigenvalue weighted by Crippen LogP contribution is -2.47. The first kappa shape index (κ1) is 14.8. The number of nitrogens with zero attached hydrogens (tertiary/aromatic N) is 2. The Balaban J connectivity index is 1.79. The Kier molecular flexibility index (Phi) is 4.17. The summed E-state index contributed by atoms with van der Waals surface area (Å²) in [7, 11) is 1.84. The first-order valence-electron chi connectivity index (χ1n) is 7.60. The Hall–Kier alpha value is -1.15. The molecule has 3 heterocycles. The molecule has 1 aromatic heterocycles. The maximum atomic E-state index is 6.11. The summed E-state index contributed by atoms with van der Waals surface area (Å²) in [5.41, 5.74) is 9.99. The number of nitrogens with two attached hydrogens (primary N) is 2. The highest BCUT2D eigenvalue weighted by atomic mass is 16.5. The van der Waals surface area contributed by atoms with Gasteiger partial charge in [-0.15, -0.1) is 0 Å².